The zero-order valence-electron chi connectivity index (χ0n) is 16.6. The Morgan fingerprint density at radius 2 is 1.75 bits per heavy atom. The number of pyridine rings is 1. The Kier molecular flexibility index (Phi) is 5.72. The first-order valence-electron chi connectivity index (χ1n) is 10.2. The summed E-state index contributed by atoms with van der Waals surface area (Å²) in [4.78, 5) is 21.9. The Hall–Kier alpha value is -2.66. The van der Waals surface area contributed by atoms with Gasteiger partial charge in [-0.25, -0.2) is 4.98 Å². The summed E-state index contributed by atoms with van der Waals surface area (Å²) < 4.78 is 1.94. The molecule has 0 bridgehead atoms. The molecule has 4 rings (SSSR count). The summed E-state index contributed by atoms with van der Waals surface area (Å²) in [5.74, 6) is 0.0617. The van der Waals surface area contributed by atoms with Gasteiger partial charge in [0.05, 0.1) is 11.3 Å². The summed E-state index contributed by atoms with van der Waals surface area (Å²) in [5.41, 5.74) is 3.54. The SMILES string of the molecule is CN(CCN1CCCCCC1)C(=O)c1ccc2nc(-c3ccccc3)cn2c1. The van der Waals surface area contributed by atoms with Crippen molar-refractivity contribution >= 4 is 11.6 Å². The van der Waals surface area contributed by atoms with Gasteiger partial charge in [0, 0.05) is 38.1 Å². The number of carbonyl (C=O) groups excluding carboxylic acids is 1. The highest BCUT2D eigenvalue weighted by Crippen LogP contribution is 2.19. The summed E-state index contributed by atoms with van der Waals surface area (Å²) in [6, 6.07) is 13.9. The van der Waals surface area contributed by atoms with E-state index < -0.39 is 0 Å². The number of likely N-dealkylation sites (N-methyl/N-ethyl adjacent to an activating group) is 1. The van der Waals surface area contributed by atoms with Gasteiger partial charge in [-0.1, -0.05) is 43.2 Å². The zero-order valence-corrected chi connectivity index (χ0v) is 16.6. The van der Waals surface area contributed by atoms with E-state index in [0.717, 1.165) is 43.1 Å². The van der Waals surface area contributed by atoms with Crippen molar-refractivity contribution in [3.63, 3.8) is 0 Å². The van der Waals surface area contributed by atoms with Crippen LogP contribution in [0.3, 0.4) is 0 Å². The smallest absolute Gasteiger partial charge is 0.255 e. The first-order chi connectivity index (χ1) is 13.7. The number of hydrogen-bond acceptors (Lipinski definition) is 3. The molecule has 28 heavy (non-hydrogen) atoms. The molecule has 146 valence electrons. The van der Waals surface area contributed by atoms with Gasteiger partial charge in [0.15, 0.2) is 0 Å². The van der Waals surface area contributed by atoms with Gasteiger partial charge in [0.1, 0.15) is 5.65 Å². The van der Waals surface area contributed by atoms with Gasteiger partial charge in [-0.3, -0.25) is 4.79 Å². The Bertz CT molecular complexity index is 926. The Morgan fingerprint density at radius 3 is 2.50 bits per heavy atom. The van der Waals surface area contributed by atoms with Gasteiger partial charge in [-0.2, -0.15) is 0 Å². The number of benzene rings is 1. The van der Waals surface area contributed by atoms with E-state index >= 15 is 0 Å². The van der Waals surface area contributed by atoms with Gasteiger partial charge in [-0.05, 0) is 38.1 Å². The molecule has 1 saturated heterocycles. The molecule has 5 heteroatoms. The fourth-order valence-electron chi connectivity index (χ4n) is 3.84. The van der Waals surface area contributed by atoms with Crippen LogP contribution in [0, 0.1) is 0 Å². The third-order valence-corrected chi connectivity index (χ3v) is 5.56. The summed E-state index contributed by atoms with van der Waals surface area (Å²) in [5, 5.41) is 0. The molecule has 1 aromatic carbocycles. The molecule has 0 unspecified atom stereocenters. The summed E-state index contributed by atoms with van der Waals surface area (Å²) in [6.07, 6.45) is 9.10. The van der Waals surface area contributed by atoms with Gasteiger partial charge < -0.3 is 14.2 Å². The van der Waals surface area contributed by atoms with Crippen LogP contribution in [0.5, 0.6) is 0 Å². The highest BCUT2D eigenvalue weighted by Gasteiger charge is 2.15. The van der Waals surface area contributed by atoms with Crippen molar-refractivity contribution in [2.24, 2.45) is 0 Å². The molecule has 1 fully saturated rings. The van der Waals surface area contributed by atoms with Gasteiger partial charge in [0.25, 0.3) is 5.91 Å². The standard InChI is InChI=1S/C23H28N4O/c1-25(15-16-26-13-7-2-3-8-14-26)23(28)20-11-12-22-24-21(18-27(22)17-20)19-9-5-4-6-10-19/h4-6,9-12,17-18H,2-3,7-8,13-16H2,1H3. The van der Waals surface area contributed by atoms with Gasteiger partial charge in [0.2, 0.25) is 0 Å². The maximum absolute atomic E-state index is 12.9. The first-order valence-corrected chi connectivity index (χ1v) is 10.2. The van der Waals surface area contributed by atoms with Crippen LogP contribution in [0.2, 0.25) is 0 Å². The number of aromatic nitrogens is 2. The summed E-state index contributed by atoms with van der Waals surface area (Å²) >= 11 is 0. The van der Waals surface area contributed by atoms with Crippen molar-refractivity contribution in [2.75, 3.05) is 33.2 Å². The lowest BCUT2D eigenvalue weighted by Crippen LogP contribution is -2.36. The van der Waals surface area contributed by atoms with Crippen LogP contribution in [-0.4, -0.2) is 58.3 Å². The lowest BCUT2D eigenvalue weighted by atomic mass is 10.2. The predicted octanol–water partition coefficient (Wildman–Crippen LogP) is 3.95. The van der Waals surface area contributed by atoms with Crippen LogP contribution >= 0.6 is 0 Å². The molecular formula is C23H28N4O. The van der Waals surface area contributed by atoms with E-state index in [1.165, 1.54) is 25.7 Å². The lowest BCUT2D eigenvalue weighted by molar-refractivity contribution is 0.0778. The molecule has 0 aliphatic carbocycles. The topological polar surface area (TPSA) is 40.8 Å². The molecule has 0 radical (unpaired) electrons. The van der Waals surface area contributed by atoms with E-state index in [4.69, 9.17) is 0 Å². The maximum atomic E-state index is 12.9. The lowest BCUT2D eigenvalue weighted by Gasteiger charge is -2.24. The second kappa shape index (κ2) is 8.57. The molecule has 1 aliphatic heterocycles. The van der Waals surface area contributed by atoms with Crippen LogP contribution < -0.4 is 0 Å². The molecule has 1 amide bonds. The number of hydrogen-bond donors (Lipinski definition) is 0. The fraction of sp³-hybridized carbons (Fsp3) is 0.391. The number of fused-ring (bicyclic) bond motifs is 1. The Labute approximate surface area is 166 Å². The highest BCUT2D eigenvalue weighted by molar-refractivity contribution is 5.94. The Balaban J connectivity index is 1.44. The number of rotatable bonds is 5. The van der Waals surface area contributed by atoms with Gasteiger partial charge >= 0.3 is 0 Å². The second-order valence-corrected chi connectivity index (χ2v) is 7.66. The fourth-order valence-corrected chi connectivity index (χ4v) is 3.84. The zero-order chi connectivity index (χ0) is 19.3. The molecule has 0 spiro atoms. The van der Waals surface area contributed by atoms with Crippen molar-refractivity contribution in [2.45, 2.75) is 25.7 Å². The summed E-state index contributed by atoms with van der Waals surface area (Å²) in [6.45, 7) is 4.03. The van der Waals surface area contributed by atoms with E-state index in [1.54, 1.807) is 0 Å². The van der Waals surface area contributed by atoms with Crippen LogP contribution in [-0.2, 0) is 0 Å². The van der Waals surface area contributed by atoms with Crippen LogP contribution in [0.25, 0.3) is 16.9 Å². The van der Waals surface area contributed by atoms with Gasteiger partial charge in [-0.15, -0.1) is 0 Å². The number of imidazole rings is 1. The second-order valence-electron chi connectivity index (χ2n) is 7.66. The average molecular weight is 377 g/mol. The van der Waals surface area contributed by atoms with E-state index in [2.05, 4.69) is 9.88 Å². The summed E-state index contributed by atoms with van der Waals surface area (Å²) in [7, 11) is 1.90. The number of likely N-dealkylation sites (tertiary alicyclic amines) is 1. The van der Waals surface area contributed by atoms with E-state index in [9.17, 15) is 4.79 Å². The van der Waals surface area contributed by atoms with E-state index in [1.807, 2.05) is 71.2 Å². The highest BCUT2D eigenvalue weighted by atomic mass is 16.2. The monoisotopic (exact) mass is 376 g/mol. The Morgan fingerprint density at radius 1 is 1.00 bits per heavy atom. The first kappa shape index (κ1) is 18.7. The normalized spacial score (nSPS) is 15.5. The average Bonchev–Trinajstić information content (AvgIpc) is 2.99. The van der Waals surface area contributed by atoms with Crippen LogP contribution in [0.15, 0.2) is 54.9 Å². The minimum absolute atomic E-state index is 0.0617. The van der Waals surface area contributed by atoms with E-state index in [-0.39, 0.29) is 5.91 Å². The molecular weight excluding hydrogens is 348 g/mol. The molecule has 3 heterocycles. The third-order valence-electron chi connectivity index (χ3n) is 5.56. The minimum atomic E-state index is 0.0617. The largest absolute Gasteiger partial charge is 0.340 e. The molecule has 2 aromatic heterocycles. The van der Waals surface area contributed by atoms with Crippen LogP contribution in [0.1, 0.15) is 36.0 Å². The van der Waals surface area contributed by atoms with Crippen molar-refractivity contribution in [1.82, 2.24) is 19.2 Å². The number of nitrogens with zero attached hydrogens (tertiary/aromatic N) is 4. The minimum Gasteiger partial charge on any atom is -0.340 e. The van der Waals surface area contributed by atoms with E-state index in [0.29, 0.717) is 5.56 Å². The molecule has 1 aliphatic rings. The quantitative estimate of drug-likeness (QED) is 0.677. The molecule has 3 aromatic rings. The van der Waals surface area contributed by atoms with Crippen molar-refractivity contribution in [3.8, 4) is 11.3 Å². The van der Waals surface area contributed by atoms with Crippen molar-refractivity contribution in [1.29, 1.82) is 0 Å². The predicted molar refractivity (Wildman–Crippen MR) is 112 cm³/mol. The van der Waals surface area contributed by atoms with Crippen molar-refractivity contribution in [3.05, 3.63) is 60.4 Å². The maximum Gasteiger partial charge on any atom is 0.255 e. The molecule has 0 atom stereocenters. The molecule has 0 saturated carbocycles. The van der Waals surface area contributed by atoms with Crippen molar-refractivity contribution < 1.29 is 4.79 Å². The molecule has 5 nitrogen and oxygen atoms in total. The number of amides is 1. The molecule has 0 N–H and O–H groups in total. The van der Waals surface area contributed by atoms with Crippen LogP contribution in [0.4, 0.5) is 0 Å². The number of carbonyl (C=O) groups is 1. The third kappa shape index (κ3) is 4.25.